The van der Waals surface area contributed by atoms with Gasteiger partial charge in [0, 0.05) is 32.0 Å². The lowest BCUT2D eigenvalue weighted by Gasteiger charge is -2.16. The van der Waals surface area contributed by atoms with Crippen molar-refractivity contribution < 1.29 is 4.79 Å². The van der Waals surface area contributed by atoms with Crippen molar-refractivity contribution in [2.45, 2.75) is 45.6 Å². The smallest absolute Gasteiger partial charge is 0.224 e. The predicted molar refractivity (Wildman–Crippen MR) is 71.9 cm³/mol. The van der Waals surface area contributed by atoms with Gasteiger partial charge in [-0.1, -0.05) is 13.8 Å². The number of amides is 1. The molecule has 1 fully saturated rings. The minimum Gasteiger partial charge on any atom is -0.343 e. The van der Waals surface area contributed by atoms with E-state index in [0.717, 1.165) is 31.8 Å². The molecule has 18 heavy (non-hydrogen) atoms. The van der Waals surface area contributed by atoms with Crippen LogP contribution in [0.5, 0.6) is 0 Å². The molecule has 0 atom stereocenters. The van der Waals surface area contributed by atoms with Gasteiger partial charge in [-0.25, -0.2) is 0 Å². The van der Waals surface area contributed by atoms with E-state index in [1.54, 1.807) is 0 Å². The topological polar surface area (TPSA) is 53.9 Å². The fourth-order valence-electron chi connectivity index (χ4n) is 2.32. The summed E-state index contributed by atoms with van der Waals surface area (Å²) in [5.74, 6) is 1.46. The van der Waals surface area contributed by atoms with E-state index in [2.05, 4.69) is 24.0 Å². The third-order valence-electron chi connectivity index (χ3n) is 3.31. The normalized spacial score (nSPS) is 15.6. The average Bonchev–Trinajstić information content (AvgIpc) is 2.95. The monoisotopic (exact) mass is 268 g/mol. The van der Waals surface area contributed by atoms with Crippen molar-refractivity contribution in [1.82, 2.24) is 19.7 Å². The fourth-order valence-corrected chi connectivity index (χ4v) is 2.55. The Labute approximate surface area is 112 Å². The zero-order valence-corrected chi connectivity index (χ0v) is 11.8. The summed E-state index contributed by atoms with van der Waals surface area (Å²) in [5.41, 5.74) is 0. The number of aromatic nitrogens is 3. The fraction of sp³-hybridized carbons (Fsp3) is 0.750. The van der Waals surface area contributed by atoms with Gasteiger partial charge in [-0.3, -0.25) is 9.89 Å². The Morgan fingerprint density at radius 3 is 2.72 bits per heavy atom. The molecule has 0 aromatic carbocycles. The number of hydrogen-bond donors (Lipinski definition) is 1. The Morgan fingerprint density at radius 1 is 1.44 bits per heavy atom. The summed E-state index contributed by atoms with van der Waals surface area (Å²) in [6, 6.07) is 0. The first-order chi connectivity index (χ1) is 8.59. The van der Waals surface area contributed by atoms with Gasteiger partial charge in [-0.15, -0.1) is 0 Å². The zero-order chi connectivity index (χ0) is 13.1. The van der Waals surface area contributed by atoms with Crippen molar-refractivity contribution in [2.24, 2.45) is 0 Å². The van der Waals surface area contributed by atoms with Gasteiger partial charge < -0.3 is 9.47 Å². The summed E-state index contributed by atoms with van der Waals surface area (Å²) in [6.45, 7) is 6.59. The number of rotatable bonds is 4. The summed E-state index contributed by atoms with van der Waals surface area (Å²) in [4.78, 5) is 13.9. The minimum absolute atomic E-state index is 0.227. The lowest BCUT2D eigenvalue weighted by atomic mass is 10.2. The van der Waals surface area contributed by atoms with E-state index < -0.39 is 0 Å². The molecule has 0 saturated carbocycles. The molecule has 0 aliphatic carbocycles. The van der Waals surface area contributed by atoms with Gasteiger partial charge in [0.25, 0.3) is 0 Å². The number of nitrogens with one attached hydrogen (secondary N) is 1. The number of likely N-dealkylation sites (tertiary alicyclic amines) is 1. The minimum atomic E-state index is 0.227. The van der Waals surface area contributed by atoms with Crippen molar-refractivity contribution in [1.29, 1.82) is 0 Å². The molecule has 1 aliphatic heterocycles. The highest BCUT2D eigenvalue weighted by Crippen LogP contribution is 2.14. The van der Waals surface area contributed by atoms with E-state index in [1.165, 1.54) is 0 Å². The Balaban J connectivity index is 1.99. The van der Waals surface area contributed by atoms with Crippen LogP contribution in [0.3, 0.4) is 0 Å². The summed E-state index contributed by atoms with van der Waals surface area (Å²) >= 11 is 5.20. The van der Waals surface area contributed by atoms with Crippen molar-refractivity contribution in [3.8, 4) is 0 Å². The van der Waals surface area contributed by atoms with Crippen LogP contribution in [0.15, 0.2) is 0 Å². The maximum absolute atomic E-state index is 12.0. The second-order valence-electron chi connectivity index (χ2n) is 5.03. The number of carbonyl (C=O) groups is 1. The maximum Gasteiger partial charge on any atom is 0.224 e. The summed E-state index contributed by atoms with van der Waals surface area (Å²) in [5, 5.41) is 7.01. The number of aromatic amines is 1. The van der Waals surface area contributed by atoms with E-state index in [4.69, 9.17) is 12.2 Å². The number of nitrogens with zero attached hydrogens (tertiary/aromatic N) is 3. The molecule has 2 heterocycles. The first kappa shape index (κ1) is 13.3. The summed E-state index contributed by atoms with van der Waals surface area (Å²) in [6.07, 6.45) is 2.77. The van der Waals surface area contributed by atoms with E-state index in [1.807, 2.05) is 9.47 Å². The SMILES string of the molecule is CC(C)c1n[nH]c(=S)n1CCC(=O)N1CCCC1. The van der Waals surface area contributed by atoms with Crippen LogP contribution in [0.25, 0.3) is 0 Å². The van der Waals surface area contributed by atoms with E-state index >= 15 is 0 Å². The molecular formula is C12H20N4OS. The standard InChI is InChI=1S/C12H20N4OS/c1-9(2)11-13-14-12(18)16(11)8-5-10(17)15-6-3-4-7-15/h9H,3-8H2,1-2H3,(H,14,18). The van der Waals surface area contributed by atoms with Crippen molar-refractivity contribution in [2.75, 3.05) is 13.1 Å². The third kappa shape index (κ3) is 2.80. The van der Waals surface area contributed by atoms with E-state index in [-0.39, 0.29) is 5.91 Å². The molecule has 6 heteroatoms. The van der Waals surface area contributed by atoms with Crippen molar-refractivity contribution in [3.05, 3.63) is 10.6 Å². The first-order valence-electron chi connectivity index (χ1n) is 6.52. The lowest BCUT2D eigenvalue weighted by molar-refractivity contribution is -0.130. The molecule has 2 rings (SSSR count). The highest BCUT2D eigenvalue weighted by atomic mass is 32.1. The molecule has 1 aromatic heterocycles. The van der Waals surface area contributed by atoms with Crippen LogP contribution in [0.2, 0.25) is 0 Å². The van der Waals surface area contributed by atoms with Gasteiger partial charge in [0.05, 0.1) is 0 Å². The molecule has 1 N–H and O–H groups in total. The molecular weight excluding hydrogens is 248 g/mol. The molecule has 0 spiro atoms. The van der Waals surface area contributed by atoms with Crippen LogP contribution in [0.1, 0.15) is 44.9 Å². The van der Waals surface area contributed by atoms with Gasteiger partial charge in [0.2, 0.25) is 5.91 Å². The maximum atomic E-state index is 12.0. The highest BCUT2D eigenvalue weighted by Gasteiger charge is 2.18. The zero-order valence-electron chi connectivity index (χ0n) is 11.0. The van der Waals surface area contributed by atoms with Crippen LogP contribution in [0.4, 0.5) is 0 Å². The van der Waals surface area contributed by atoms with Gasteiger partial charge in [0.1, 0.15) is 5.82 Å². The van der Waals surface area contributed by atoms with Gasteiger partial charge in [-0.2, -0.15) is 5.10 Å². The van der Waals surface area contributed by atoms with Crippen LogP contribution in [-0.4, -0.2) is 38.7 Å². The lowest BCUT2D eigenvalue weighted by Crippen LogP contribution is -2.28. The molecule has 1 amide bonds. The largest absolute Gasteiger partial charge is 0.343 e. The Bertz CT molecular complexity index is 471. The molecule has 5 nitrogen and oxygen atoms in total. The molecule has 0 unspecified atom stereocenters. The predicted octanol–water partition coefficient (Wildman–Crippen LogP) is 2.08. The van der Waals surface area contributed by atoms with Gasteiger partial charge >= 0.3 is 0 Å². The molecule has 100 valence electrons. The van der Waals surface area contributed by atoms with Gasteiger partial charge in [0.15, 0.2) is 4.77 Å². The number of carbonyl (C=O) groups excluding carboxylic acids is 1. The van der Waals surface area contributed by atoms with Gasteiger partial charge in [-0.05, 0) is 25.1 Å². The van der Waals surface area contributed by atoms with E-state index in [0.29, 0.717) is 23.7 Å². The van der Waals surface area contributed by atoms with Crippen molar-refractivity contribution in [3.63, 3.8) is 0 Å². The van der Waals surface area contributed by atoms with E-state index in [9.17, 15) is 4.79 Å². The molecule has 1 aromatic rings. The van der Waals surface area contributed by atoms with Crippen LogP contribution < -0.4 is 0 Å². The van der Waals surface area contributed by atoms with Crippen LogP contribution >= 0.6 is 12.2 Å². The Morgan fingerprint density at radius 2 is 2.11 bits per heavy atom. The second kappa shape index (κ2) is 5.65. The summed E-state index contributed by atoms with van der Waals surface area (Å²) in [7, 11) is 0. The highest BCUT2D eigenvalue weighted by molar-refractivity contribution is 7.71. The molecule has 0 bridgehead atoms. The van der Waals surface area contributed by atoms with Crippen LogP contribution in [0, 0.1) is 4.77 Å². The molecule has 1 saturated heterocycles. The average molecular weight is 268 g/mol. The summed E-state index contributed by atoms with van der Waals surface area (Å²) < 4.78 is 2.54. The third-order valence-corrected chi connectivity index (χ3v) is 3.62. The Hall–Kier alpha value is -1.17. The Kier molecular flexibility index (Phi) is 4.16. The quantitative estimate of drug-likeness (QED) is 0.851. The van der Waals surface area contributed by atoms with Crippen LogP contribution in [-0.2, 0) is 11.3 Å². The van der Waals surface area contributed by atoms with Crippen molar-refractivity contribution >= 4 is 18.1 Å². The molecule has 1 aliphatic rings. The first-order valence-corrected chi connectivity index (χ1v) is 6.93. The number of H-pyrrole nitrogens is 1. The number of hydrogen-bond acceptors (Lipinski definition) is 3. The molecule has 0 radical (unpaired) electrons. The second-order valence-corrected chi connectivity index (χ2v) is 5.42.